The van der Waals surface area contributed by atoms with Gasteiger partial charge in [-0.25, -0.2) is 4.39 Å². The lowest BCUT2D eigenvalue weighted by Gasteiger charge is -2.36. The molecule has 1 aliphatic rings. The molecule has 0 aromatic heterocycles. The molecule has 1 fully saturated rings. The number of amides is 1. The minimum atomic E-state index is -0.235. The lowest BCUT2D eigenvalue weighted by Crippen LogP contribution is -2.49. The summed E-state index contributed by atoms with van der Waals surface area (Å²) in [6, 6.07) is 24.5. The highest BCUT2D eigenvalue weighted by Gasteiger charge is 2.21. The van der Waals surface area contributed by atoms with Crippen LogP contribution in [0.1, 0.15) is 6.42 Å². The van der Waals surface area contributed by atoms with E-state index in [-0.39, 0.29) is 11.7 Å². The minimum Gasteiger partial charge on any atom is -0.492 e. The van der Waals surface area contributed by atoms with Crippen LogP contribution in [0.5, 0.6) is 5.75 Å². The summed E-state index contributed by atoms with van der Waals surface area (Å²) < 4.78 is 19.1. The summed E-state index contributed by atoms with van der Waals surface area (Å²) in [4.78, 5) is 16.7. The lowest BCUT2D eigenvalue weighted by atomic mass is 10.1. The standard InChI is InChI=1S/C25H25FN2O2/c26-21-10-12-22(13-11-21)27-15-17-28(18-16-27)25(29)14-19-30-24-9-5-4-8-23(24)20-6-2-1-3-7-20/h1-13H,14-19H2. The van der Waals surface area contributed by atoms with E-state index < -0.39 is 0 Å². The number of hydrogen-bond donors (Lipinski definition) is 0. The summed E-state index contributed by atoms with van der Waals surface area (Å²) in [7, 11) is 0. The summed E-state index contributed by atoms with van der Waals surface area (Å²) in [6.45, 7) is 3.17. The van der Waals surface area contributed by atoms with Gasteiger partial charge in [0.25, 0.3) is 0 Å². The van der Waals surface area contributed by atoms with E-state index in [2.05, 4.69) is 4.90 Å². The van der Waals surface area contributed by atoms with Crippen molar-refractivity contribution in [3.63, 3.8) is 0 Å². The van der Waals surface area contributed by atoms with Crippen LogP contribution in [0, 0.1) is 5.82 Å². The Morgan fingerprint density at radius 3 is 2.23 bits per heavy atom. The van der Waals surface area contributed by atoms with E-state index in [9.17, 15) is 9.18 Å². The van der Waals surface area contributed by atoms with E-state index in [4.69, 9.17) is 4.74 Å². The number of para-hydroxylation sites is 1. The average molecular weight is 404 g/mol. The molecule has 1 heterocycles. The molecule has 0 aliphatic carbocycles. The van der Waals surface area contributed by atoms with E-state index in [1.807, 2.05) is 59.5 Å². The molecule has 1 saturated heterocycles. The Labute approximate surface area is 176 Å². The first-order valence-corrected chi connectivity index (χ1v) is 10.3. The van der Waals surface area contributed by atoms with Crippen molar-refractivity contribution in [3.05, 3.63) is 84.7 Å². The number of halogens is 1. The third-order valence-electron chi connectivity index (χ3n) is 5.37. The molecule has 3 aromatic carbocycles. The van der Waals surface area contributed by atoms with E-state index in [1.165, 1.54) is 12.1 Å². The number of carbonyl (C=O) groups is 1. The van der Waals surface area contributed by atoms with Gasteiger partial charge in [-0.1, -0.05) is 48.5 Å². The molecule has 5 heteroatoms. The van der Waals surface area contributed by atoms with Gasteiger partial charge in [-0.15, -0.1) is 0 Å². The van der Waals surface area contributed by atoms with Crippen LogP contribution in [0.25, 0.3) is 11.1 Å². The van der Waals surface area contributed by atoms with E-state index >= 15 is 0 Å². The zero-order chi connectivity index (χ0) is 20.8. The molecule has 4 rings (SSSR count). The number of piperazine rings is 1. The van der Waals surface area contributed by atoms with Crippen LogP contribution >= 0.6 is 0 Å². The number of anilines is 1. The molecule has 0 radical (unpaired) electrons. The number of hydrogen-bond acceptors (Lipinski definition) is 3. The van der Waals surface area contributed by atoms with Gasteiger partial charge in [0.05, 0.1) is 13.0 Å². The van der Waals surface area contributed by atoms with Crippen molar-refractivity contribution in [1.82, 2.24) is 4.90 Å². The molecule has 0 saturated carbocycles. The highest BCUT2D eigenvalue weighted by molar-refractivity contribution is 5.77. The minimum absolute atomic E-state index is 0.103. The van der Waals surface area contributed by atoms with Crippen molar-refractivity contribution >= 4 is 11.6 Å². The summed E-state index contributed by atoms with van der Waals surface area (Å²) in [5.41, 5.74) is 3.11. The molecule has 0 bridgehead atoms. The normalized spacial score (nSPS) is 13.9. The first-order valence-electron chi connectivity index (χ1n) is 10.3. The molecular formula is C25H25FN2O2. The maximum Gasteiger partial charge on any atom is 0.226 e. The molecule has 3 aromatic rings. The monoisotopic (exact) mass is 404 g/mol. The Kier molecular flexibility index (Phi) is 6.28. The smallest absolute Gasteiger partial charge is 0.226 e. The number of rotatable bonds is 6. The van der Waals surface area contributed by atoms with Gasteiger partial charge in [-0.2, -0.15) is 0 Å². The van der Waals surface area contributed by atoms with E-state index in [0.29, 0.717) is 26.1 Å². The van der Waals surface area contributed by atoms with Crippen molar-refractivity contribution in [2.24, 2.45) is 0 Å². The molecule has 0 spiro atoms. The van der Waals surface area contributed by atoms with Crippen LogP contribution < -0.4 is 9.64 Å². The average Bonchev–Trinajstić information content (AvgIpc) is 2.80. The summed E-state index contributed by atoms with van der Waals surface area (Å²) in [6.07, 6.45) is 0.347. The van der Waals surface area contributed by atoms with Gasteiger partial charge in [0, 0.05) is 37.4 Å². The predicted octanol–water partition coefficient (Wildman–Crippen LogP) is 4.61. The third kappa shape index (κ3) is 4.79. The van der Waals surface area contributed by atoms with Crippen LogP contribution in [0.15, 0.2) is 78.9 Å². The second-order valence-corrected chi connectivity index (χ2v) is 7.30. The Morgan fingerprint density at radius 2 is 1.50 bits per heavy atom. The van der Waals surface area contributed by atoms with Crippen LogP contribution in [0.2, 0.25) is 0 Å². The maximum atomic E-state index is 13.1. The highest BCUT2D eigenvalue weighted by atomic mass is 19.1. The maximum absolute atomic E-state index is 13.1. The van der Waals surface area contributed by atoms with Crippen LogP contribution in [0.3, 0.4) is 0 Å². The number of ether oxygens (including phenoxy) is 1. The first-order chi connectivity index (χ1) is 14.7. The van der Waals surface area contributed by atoms with E-state index in [0.717, 1.165) is 35.7 Å². The van der Waals surface area contributed by atoms with Crippen molar-refractivity contribution in [2.75, 3.05) is 37.7 Å². The van der Waals surface area contributed by atoms with Crippen molar-refractivity contribution in [2.45, 2.75) is 6.42 Å². The highest BCUT2D eigenvalue weighted by Crippen LogP contribution is 2.29. The van der Waals surface area contributed by atoms with Gasteiger partial charge >= 0.3 is 0 Å². The third-order valence-corrected chi connectivity index (χ3v) is 5.37. The largest absolute Gasteiger partial charge is 0.492 e. The molecule has 4 nitrogen and oxygen atoms in total. The molecule has 0 atom stereocenters. The summed E-state index contributed by atoms with van der Waals surface area (Å²) in [5.74, 6) is 0.657. The lowest BCUT2D eigenvalue weighted by molar-refractivity contribution is -0.132. The van der Waals surface area contributed by atoms with Gasteiger partial charge in [0.1, 0.15) is 11.6 Å². The molecule has 154 valence electrons. The second-order valence-electron chi connectivity index (χ2n) is 7.30. The van der Waals surface area contributed by atoms with Gasteiger partial charge in [0.15, 0.2) is 0 Å². The number of benzene rings is 3. The molecular weight excluding hydrogens is 379 g/mol. The van der Waals surface area contributed by atoms with Gasteiger partial charge < -0.3 is 14.5 Å². The fourth-order valence-corrected chi connectivity index (χ4v) is 3.72. The fraction of sp³-hybridized carbons (Fsp3) is 0.240. The van der Waals surface area contributed by atoms with Crippen LogP contribution in [-0.4, -0.2) is 43.6 Å². The topological polar surface area (TPSA) is 32.8 Å². The molecule has 1 amide bonds. The SMILES string of the molecule is O=C(CCOc1ccccc1-c1ccccc1)N1CCN(c2ccc(F)cc2)CC1. The van der Waals surface area contributed by atoms with Crippen molar-refractivity contribution < 1.29 is 13.9 Å². The van der Waals surface area contributed by atoms with Gasteiger partial charge in [-0.3, -0.25) is 4.79 Å². The zero-order valence-corrected chi connectivity index (χ0v) is 16.8. The molecule has 1 aliphatic heterocycles. The molecule has 0 unspecified atom stereocenters. The first kappa shape index (κ1) is 20.0. The fourth-order valence-electron chi connectivity index (χ4n) is 3.72. The Morgan fingerprint density at radius 1 is 0.833 bits per heavy atom. The van der Waals surface area contributed by atoms with Crippen molar-refractivity contribution in [1.29, 1.82) is 0 Å². The summed E-state index contributed by atoms with van der Waals surface area (Å²) in [5, 5.41) is 0. The van der Waals surface area contributed by atoms with Gasteiger partial charge in [0.2, 0.25) is 5.91 Å². The predicted molar refractivity (Wildman–Crippen MR) is 117 cm³/mol. The molecule has 30 heavy (non-hydrogen) atoms. The summed E-state index contributed by atoms with van der Waals surface area (Å²) >= 11 is 0. The number of carbonyl (C=O) groups excluding carboxylic acids is 1. The van der Waals surface area contributed by atoms with E-state index in [1.54, 1.807) is 12.1 Å². The Hall–Kier alpha value is -3.34. The van der Waals surface area contributed by atoms with Crippen molar-refractivity contribution in [3.8, 4) is 16.9 Å². The van der Waals surface area contributed by atoms with Crippen LogP contribution in [-0.2, 0) is 4.79 Å². The second kappa shape index (κ2) is 9.44. The Bertz CT molecular complexity index is 968. The van der Waals surface area contributed by atoms with Crippen LogP contribution in [0.4, 0.5) is 10.1 Å². The molecule has 0 N–H and O–H groups in total. The number of nitrogens with zero attached hydrogens (tertiary/aromatic N) is 2. The zero-order valence-electron chi connectivity index (χ0n) is 16.8. The quantitative estimate of drug-likeness (QED) is 0.602. The Balaban J connectivity index is 1.28. The van der Waals surface area contributed by atoms with Gasteiger partial charge in [-0.05, 0) is 35.9 Å².